The maximum Gasteiger partial charge on any atom is 0.124 e. The molecule has 0 unspecified atom stereocenters. The average molecular weight is 236 g/mol. The molecular weight excluding hydrogens is 212 g/mol. The summed E-state index contributed by atoms with van der Waals surface area (Å²) in [5, 5.41) is 10.1. The highest BCUT2D eigenvalue weighted by Gasteiger charge is 2.18. The third-order valence-electron chi connectivity index (χ3n) is 3.02. The van der Waals surface area contributed by atoms with E-state index in [-0.39, 0.29) is 5.41 Å². The quantitative estimate of drug-likeness (QED) is 0.861. The topological polar surface area (TPSA) is 29.5 Å². The molecule has 0 heterocycles. The van der Waals surface area contributed by atoms with Crippen LogP contribution in [-0.4, -0.2) is 12.2 Å². The van der Waals surface area contributed by atoms with Gasteiger partial charge in [0.2, 0.25) is 0 Å². The minimum absolute atomic E-state index is 0.0902. The molecule has 0 bridgehead atoms. The molecule has 0 spiro atoms. The van der Waals surface area contributed by atoms with Crippen molar-refractivity contribution in [3.05, 3.63) is 29.3 Å². The average Bonchev–Trinajstić information content (AvgIpc) is 2.27. The summed E-state index contributed by atoms with van der Waals surface area (Å²) in [7, 11) is 1.65. The van der Waals surface area contributed by atoms with Crippen molar-refractivity contribution in [1.29, 1.82) is 0 Å². The first-order valence-corrected chi connectivity index (χ1v) is 6.26. The van der Waals surface area contributed by atoms with Crippen LogP contribution in [0, 0.1) is 0 Å². The molecule has 0 aliphatic carbocycles. The molecule has 96 valence electrons. The minimum atomic E-state index is -0.433. The summed E-state index contributed by atoms with van der Waals surface area (Å²) in [6, 6.07) is 6.09. The van der Waals surface area contributed by atoms with E-state index in [1.54, 1.807) is 7.11 Å². The van der Waals surface area contributed by atoms with Gasteiger partial charge in [-0.1, -0.05) is 40.2 Å². The molecule has 1 N–H and O–H groups in total. The maximum absolute atomic E-state index is 10.1. The van der Waals surface area contributed by atoms with Gasteiger partial charge < -0.3 is 9.84 Å². The summed E-state index contributed by atoms with van der Waals surface area (Å²) < 4.78 is 5.32. The lowest BCUT2D eigenvalue weighted by Gasteiger charge is -2.22. The van der Waals surface area contributed by atoms with E-state index in [2.05, 4.69) is 39.8 Å². The third-order valence-corrected chi connectivity index (χ3v) is 3.02. The Kier molecular flexibility index (Phi) is 4.58. The van der Waals surface area contributed by atoms with E-state index in [0.717, 1.165) is 24.2 Å². The van der Waals surface area contributed by atoms with Gasteiger partial charge >= 0.3 is 0 Å². The van der Waals surface area contributed by atoms with Crippen molar-refractivity contribution in [2.45, 2.75) is 52.1 Å². The summed E-state index contributed by atoms with van der Waals surface area (Å²) in [6.45, 7) is 8.59. The van der Waals surface area contributed by atoms with Crippen LogP contribution >= 0.6 is 0 Å². The fourth-order valence-corrected chi connectivity index (χ4v) is 1.89. The maximum atomic E-state index is 10.1. The van der Waals surface area contributed by atoms with Crippen molar-refractivity contribution in [2.75, 3.05) is 7.11 Å². The Balaban J connectivity index is 3.15. The van der Waals surface area contributed by atoms with Crippen LogP contribution in [-0.2, 0) is 5.41 Å². The summed E-state index contributed by atoms with van der Waals surface area (Å²) in [5.41, 5.74) is 2.22. The molecule has 1 rings (SSSR count). The van der Waals surface area contributed by atoms with Gasteiger partial charge in [-0.25, -0.2) is 0 Å². The molecule has 0 saturated heterocycles. The predicted octanol–water partition coefficient (Wildman–Crippen LogP) is 3.83. The lowest BCUT2D eigenvalue weighted by Crippen LogP contribution is -2.12. The van der Waals surface area contributed by atoms with Crippen molar-refractivity contribution in [1.82, 2.24) is 0 Å². The molecule has 2 nitrogen and oxygen atoms in total. The van der Waals surface area contributed by atoms with Gasteiger partial charge in [-0.05, 0) is 29.5 Å². The summed E-state index contributed by atoms with van der Waals surface area (Å²) in [4.78, 5) is 0. The third kappa shape index (κ3) is 3.47. The van der Waals surface area contributed by atoms with Gasteiger partial charge in [0.05, 0.1) is 13.2 Å². The molecule has 0 radical (unpaired) electrons. The second-order valence-corrected chi connectivity index (χ2v) is 5.51. The van der Waals surface area contributed by atoms with Gasteiger partial charge in [-0.2, -0.15) is 0 Å². The molecule has 0 aromatic heterocycles. The van der Waals surface area contributed by atoms with Crippen LogP contribution in [0.5, 0.6) is 5.75 Å². The lowest BCUT2D eigenvalue weighted by molar-refractivity contribution is 0.162. The largest absolute Gasteiger partial charge is 0.496 e. The number of benzene rings is 1. The van der Waals surface area contributed by atoms with Gasteiger partial charge in [0.15, 0.2) is 0 Å². The van der Waals surface area contributed by atoms with Crippen molar-refractivity contribution in [3.63, 3.8) is 0 Å². The monoisotopic (exact) mass is 236 g/mol. The minimum Gasteiger partial charge on any atom is -0.496 e. The predicted molar refractivity (Wildman–Crippen MR) is 71.6 cm³/mol. The van der Waals surface area contributed by atoms with Crippen LogP contribution in [0.15, 0.2) is 18.2 Å². The van der Waals surface area contributed by atoms with E-state index in [0.29, 0.717) is 0 Å². The molecule has 0 saturated carbocycles. The first kappa shape index (κ1) is 14.0. The van der Waals surface area contributed by atoms with Crippen molar-refractivity contribution >= 4 is 0 Å². The van der Waals surface area contributed by atoms with E-state index in [1.165, 1.54) is 5.56 Å². The number of ether oxygens (including phenoxy) is 1. The van der Waals surface area contributed by atoms with E-state index in [4.69, 9.17) is 4.74 Å². The Morgan fingerprint density at radius 3 is 2.41 bits per heavy atom. The second-order valence-electron chi connectivity index (χ2n) is 5.51. The molecule has 17 heavy (non-hydrogen) atoms. The molecular formula is C15H24O2. The van der Waals surface area contributed by atoms with E-state index in [1.807, 2.05) is 6.07 Å². The molecule has 0 aliphatic heterocycles. The number of hydrogen-bond acceptors (Lipinski definition) is 2. The molecule has 0 amide bonds. The highest BCUT2D eigenvalue weighted by molar-refractivity contribution is 5.41. The molecule has 1 aromatic carbocycles. The van der Waals surface area contributed by atoms with E-state index < -0.39 is 6.10 Å². The van der Waals surface area contributed by atoms with E-state index >= 15 is 0 Å². The van der Waals surface area contributed by atoms with Crippen LogP contribution in [0.1, 0.15) is 57.8 Å². The Morgan fingerprint density at radius 2 is 1.94 bits per heavy atom. The molecule has 1 atom stereocenters. The van der Waals surface area contributed by atoms with Crippen LogP contribution in [0.25, 0.3) is 0 Å². The lowest BCUT2D eigenvalue weighted by atomic mass is 9.85. The zero-order chi connectivity index (χ0) is 13.1. The first-order chi connectivity index (χ1) is 7.90. The van der Waals surface area contributed by atoms with Gasteiger partial charge in [0.1, 0.15) is 5.75 Å². The normalized spacial score (nSPS) is 13.5. The highest BCUT2D eigenvalue weighted by atomic mass is 16.5. The Bertz CT molecular complexity index is 364. The smallest absolute Gasteiger partial charge is 0.124 e. The van der Waals surface area contributed by atoms with Gasteiger partial charge in [0.25, 0.3) is 0 Å². The summed E-state index contributed by atoms with van der Waals surface area (Å²) in [5.74, 6) is 0.777. The fraction of sp³-hybridized carbons (Fsp3) is 0.600. The van der Waals surface area contributed by atoms with Crippen LogP contribution in [0.3, 0.4) is 0 Å². The van der Waals surface area contributed by atoms with Gasteiger partial charge in [-0.15, -0.1) is 0 Å². The van der Waals surface area contributed by atoms with Crippen molar-refractivity contribution in [3.8, 4) is 5.75 Å². The molecule has 1 aromatic rings. The SMILES string of the molecule is CCC[C@H](O)c1cc(C(C)(C)C)ccc1OC. The number of aliphatic hydroxyl groups excluding tert-OH is 1. The number of methoxy groups -OCH3 is 1. The highest BCUT2D eigenvalue weighted by Crippen LogP contribution is 2.33. The van der Waals surface area contributed by atoms with Gasteiger partial charge in [0, 0.05) is 5.56 Å². The number of aliphatic hydroxyl groups is 1. The van der Waals surface area contributed by atoms with Crippen LogP contribution in [0.2, 0.25) is 0 Å². The second kappa shape index (κ2) is 5.54. The number of rotatable bonds is 4. The van der Waals surface area contributed by atoms with Crippen molar-refractivity contribution < 1.29 is 9.84 Å². The molecule has 0 aliphatic rings. The molecule has 0 fully saturated rings. The first-order valence-electron chi connectivity index (χ1n) is 6.26. The van der Waals surface area contributed by atoms with E-state index in [9.17, 15) is 5.11 Å². The summed E-state index contributed by atoms with van der Waals surface area (Å²) in [6.07, 6.45) is 1.30. The number of hydrogen-bond donors (Lipinski definition) is 1. The Labute approximate surface area is 105 Å². The Hall–Kier alpha value is -1.02. The van der Waals surface area contributed by atoms with Crippen LogP contribution in [0.4, 0.5) is 0 Å². The van der Waals surface area contributed by atoms with Crippen LogP contribution < -0.4 is 4.74 Å². The fourth-order valence-electron chi connectivity index (χ4n) is 1.89. The molecule has 2 heteroatoms. The standard InChI is InChI=1S/C15H24O2/c1-6-7-13(16)12-10-11(15(2,3)4)8-9-14(12)17-5/h8-10,13,16H,6-7H2,1-5H3/t13-/m0/s1. The van der Waals surface area contributed by atoms with Crippen molar-refractivity contribution in [2.24, 2.45) is 0 Å². The Morgan fingerprint density at radius 1 is 1.29 bits per heavy atom. The van der Waals surface area contributed by atoms with Gasteiger partial charge in [-0.3, -0.25) is 0 Å². The zero-order valence-corrected chi connectivity index (χ0v) is 11.6. The summed E-state index contributed by atoms with van der Waals surface area (Å²) >= 11 is 0. The zero-order valence-electron chi connectivity index (χ0n) is 11.6.